The van der Waals surface area contributed by atoms with Crippen molar-refractivity contribution in [1.82, 2.24) is 4.90 Å². The molecule has 0 fully saturated rings. The fraction of sp³-hybridized carbons (Fsp3) is 0.933. The predicted molar refractivity (Wildman–Crippen MR) is 76.7 cm³/mol. The van der Waals surface area contributed by atoms with Crippen LogP contribution in [0.1, 0.15) is 60.3 Å². The van der Waals surface area contributed by atoms with Gasteiger partial charge < -0.3 is 9.64 Å². The number of amides is 1. The minimum absolute atomic E-state index is 0.265. The molecule has 18 heavy (non-hydrogen) atoms. The topological polar surface area (TPSA) is 29.5 Å². The second-order valence-electron chi connectivity index (χ2n) is 5.42. The van der Waals surface area contributed by atoms with Gasteiger partial charge in [0.2, 0.25) is 5.91 Å². The molecule has 0 aliphatic heterocycles. The number of carbonyl (C=O) groups excluding carboxylic acids is 1. The summed E-state index contributed by atoms with van der Waals surface area (Å²) in [4.78, 5) is 14.4. The molecule has 0 saturated heterocycles. The van der Waals surface area contributed by atoms with Crippen LogP contribution in [0.25, 0.3) is 0 Å². The first-order valence-electron chi connectivity index (χ1n) is 7.36. The van der Waals surface area contributed by atoms with Crippen LogP contribution >= 0.6 is 0 Å². The van der Waals surface area contributed by atoms with E-state index in [1.165, 1.54) is 12.8 Å². The molecule has 1 amide bonds. The lowest BCUT2D eigenvalue weighted by molar-refractivity contribution is -0.141. The first-order valence-corrected chi connectivity index (χ1v) is 7.36. The fourth-order valence-corrected chi connectivity index (χ4v) is 1.96. The average molecular weight is 257 g/mol. The van der Waals surface area contributed by atoms with Crippen molar-refractivity contribution in [3.8, 4) is 0 Å². The highest BCUT2D eigenvalue weighted by Crippen LogP contribution is 2.24. The minimum atomic E-state index is -0.308. The number of rotatable bonds is 10. The Morgan fingerprint density at radius 2 is 1.83 bits per heavy atom. The smallest absolute Gasteiger partial charge is 0.228 e. The summed E-state index contributed by atoms with van der Waals surface area (Å²) in [5, 5.41) is 0. The molecule has 0 aliphatic rings. The summed E-state index contributed by atoms with van der Waals surface area (Å²) < 4.78 is 5.36. The number of unbranched alkanes of at least 4 members (excludes halogenated alkanes) is 2. The SMILES string of the molecule is CCCCCN(CC)C(=O)C(C)(C)CCOCC. The van der Waals surface area contributed by atoms with Gasteiger partial charge in [-0.2, -0.15) is 0 Å². The molecule has 0 unspecified atom stereocenters. The zero-order valence-electron chi connectivity index (χ0n) is 12.9. The van der Waals surface area contributed by atoms with Crippen LogP contribution in [0.5, 0.6) is 0 Å². The standard InChI is InChI=1S/C15H31NO2/c1-6-9-10-12-16(7-2)14(17)15(4,5)11-13-18-8-3/h6-13H2,1-5H3. The van der Waals surface area contributed by atoms with E-state index < -0.39 is 0 Å². The Labute approximate surface area is 113 Å². The van der Waals surface area contributed by atoms with Gasteiger partial charge in [-0.1, -0.05) is 33.6 Å². The number of nitrogens with zero attached hydrogens (tertiary/aromatic N) is 1. The van der Waals surface area contributed by atoms with Crippen LogP contribution in [0.2, 0.25) is 0 Å². The van der Waals surface area contributed by atoms with Crippen molar-refractivity contribution in [1.29, 1.82) is 0 Å². The molecule has 0 spiro atoms. The summed E-state index contributed by atoms with van der Waals surface area (Å²) >= 11 is 0. The van der Waals surface area contributed by atoms with E-state index in [9.17, 15) is 4.79 Å². The normalized spacial score (nSPS) is 11.6. The largest absolute Gasteiger partial charge is 0.382 e. The summed E-state index contributed by atoms with van der Waals surface area (Å²) in [5.41, 5.74) is -0.308. The molecule has 0 N–H and O–H groups in total. The molecular weight excluding hydrogens is 226 g/mol. The predicted octanol–water partition coefficient (Wildman–Crippen LogP) is 3.48. The van der Waals surface area contributed by atoms with E-state index >= 15 is 0 Å². The van der Waals surface area contributed by atoms with E-state index in [1.807, 2.05) is 25.7 Å². The third-order valence-electron chi connectivity index (χ3n) is 3.35. The van der Waals surface area contributed by atoms with E-state index in [4.69, 9.17) is 4.74 Å². The Morgan fingerprint density at radius 1 is 1.17 bits per heavy atom. The number of ether oxygens (including phenoxy) is 1. The van der Waals surface area contributed by atoms with Crippen LogP contribution in [0.3, 0.4) is 0 Å². The summed E-state index contributed by atoms with van der Waals surface area (Å²) in [6.45, 7) is 13.4. The molecule has 0 aromatic rings. The summed E-state index contributed by atoms with van der Waals surface area (Å²) in [6, 6.07) is 0. The van der Waals surface area contributed by atoms with Gasteiger partial charge >= 0.3 is 0 Å². The number of carbonyl (C=O) groups is 1. The fourth-order valence-electron chi connectivity index (χ4n) is 1.96. The summed E-state index contributed by atoms with van der Waals surface area (Å²) in [6.07, 6.45) is 4.30. The van der Waals surface area contributed by atoms with Gasteiger partial charge in [-0.25, -0.2) is 0 Å². The lowest BCUT2D eigenvalue weighted by Crippen LogP contribution is -2.42. The summed E-state index contributed by atoms with van der Waals surface area (Å²) in [5.74, 6) is 0.265. The van der Waals surface area contributed by atoms with E-state index in [2.05, 4.69) is 13.8 Å². The Kier molecular flexibility index (Phi) is 9.08. The maximum atomic E-state index is 12.5. The van der Waals surface area contributed by atoms with E-state index in [0.29, 0.717) is 6.61 Å². The van der Waals surface area contributed by atoms with Gasteiger partial charge in [-0.3, -0.25) is 4.79 Å². The molecule has 0 heterocycles. The molecule has 0 aliphatic carbocycles. The monoisotopic (exact) mass is 257 g/mol. The van der Waals surface area contributed by atoms with Crippen molar-refractivity contribution in [2.45, 2.75) is 60.3 Å². The highest BCUT2D eigenvalue weighted by Gasteiger charge is 2.30. The van der Waals surface area contributed by atoms with E-state index in [1.54, 1.807) is 0 Å². The molecule has 0 atom stereocenters. The van der Waals surface area contributed by atoms with Gasteiger partial charge in [0.1, 0.15) is 0 Å². The Morgan fingerprint density at radius 3 is 2.33 bits per heavy atom. The highest BCUT2D eigenvalue weighted by atomic mass is 16.5. The van der Waals surface area contributed by atoms with Crippen LogP contribution in [0.15, 0.2) is 0 Å². The second kappa shape index (κ2) is 9.37. The van der Waals surface area contributed by atoms with Crippen LogP contribution < -0.4 is 0 Å². The zero-order chi connectivity index (χ0) is 14.0. The number of hydrogen-bond acceptors (Lipinski definition) is 2. The van der Waals surface area contributed by atoms with E-state index in [-0.39, 0.29) is 11.3 Å². The van der Waals surface area contributed by atoms with Gasteiger partial charge in [-0.15, -0.1) is 0 Å². The Balaban J connectivity index is 4.27. The first kappa shape index (κ1) is 17.4. The average Bonchev–Trinajstić information content (AvgIpc) is 2.34. The Hall–Kier alpha value is -0.570. The molecule has 0 saturated carbocycles. The molecule has 0 rings (SSSR count). The van der Waals surface area contributed by atoms with E-state index in [0.717, 1.165) is 32.5 Å². The van der Waals surface area contributed by atoms with Crippen molar-refractivity contribution in [2.24, 2.45) is 5.41 Å². The molecule has 0 aromatic carbocycles. The van der Waals surface area contributed by atoms with Crippen LogP contribution in [-0.2, 0) is 9.53 Å². The van der Waals surface area contributed by atoms with Crippen LogP contribution in [-0.4, -0.2) is 37.1 Å². The molecule has 0 radical (unpaired) electrons. The molecule has 0 aromatic heterocycles. The molecule has 108 valence electrons. The van der Waals surface area contributed by atoms with Crippen molar-refractivity contribution < 1.29 is 9.53 Å². The Bertz CT molecular complexity index is 227. The van der Waals surface area contributed by atoms with Crippen LogP contribution in [0, 0.1) is 5.41 Å². The lowest BCUT2D eigenvalue weighted by Gasteiger charge is -2.31. The molecule has 3 heteroatoms. The molecular formula is C15H31NO2. The quantitative estimate of drug-likeness (QED) is 0.561. The third-order valence-corrected chi connectivity index (χ3v) is 3.35. The minimum Gasteiger partial charge on any atom is -0.382 e. The summed E-state index contributed by atoms with van der Waals surface area (Å²) in [7, 11) is 0. The van der Waals surface area contributed by atoms with Gasteiger partial charge in [0.25, 0.3) is 0 Å². The third kappa shape index (κ3) is 6.39. The number of hydrogen-bond donors (Lipinski definition) is 0. The van der Waals surface area contributed by atoms with Crippen molar-refractivity contribution in [3.63, 3.8) is 0 Å². The lowest BCUT2D eigenvalue weighted by atomic mass is 9.88. The van der Waals surface area contributed by atoms with Gasteiger partial charge in [0, 0.05) is 31.7 Å². The molecule has 0 bridgehead atoms. The maximum absolute atomic E-state index is 12.5. The van der Waals surface area contributed by atoms with Crippen molar-refractivity contribution in [2.75, 3.05) is 26.3 Å². The maximum Gasteiger partial charge on any atom is 0.228 e. The van der Waals surface area contributed by atoms with Crippen molar-refractivity contribution in [3.05, 3.63) is 0 Å². The molecule has 3 nitrogen and oxygen atoms in total. The van der Waals surface area contributed by atoms with Crippen LogP contribution in [0.4, 0.5) is 0 Å². The van der Waals surface area contributed by atoms with Gasteiger partial charge in [0.05, 0.1) is 0 Å². The second-order valence-corrected chi connectivity index (χ2v) is 5.42. The zero-order valence-corrected chi connectivity index (χ0v) is 12.9. The van der Waals surface area contributed by atoms with Gasteiger partial charge in [0.15, 0.2) is 0 Å². The van der Waals surface area contributed by atoms with Crippen molar-refractivity contribution >= 4 is 5.91 Å². The highest BCUT2D eigenvalue weighted by molar-refractivity contribution is 5.81. The first-order chi connectivity index (χ1) is 8.49. The van der Waals surface area contributed by atoms with Gasteiger partial charge in [-0.05, 0) is 26.7 Å².